The van der Waals surface area contributed by atoms with Gasteiger partial charge in [0.05, 0.1) is 31.3 Å². The van der Waals surface area contributed by atoms with Crippen LogP contribution in [0.4, 0.5) is 0 Å². The Kier molecular flexibility index (Phi) is 46.5. The van der Waals surface area contributed by atoms with Crippen molar-refractivity contribution in [2.24, 2.45) is 0 Å². The number of amides is 1. The number of carbonyl (C=O) groups excluding carboxylic acids is 1. The molecule has 3 atom stereocenters. The van der Waals surface area contributed by atoms with E-state index in [0.717, 1.165) is 32.1 Å². The summed E-state index contributed by atoms with van der Waals surface area (Å²) < 4.78 is 0. The molecule has 1 amide bonds. The summed E-state index contributed by atoms with van der Waals surface area (Å²) in [4.78, 5) is 12.5. The summed E-state index contributed by atoms with van der Waals surface area (Å²) >= 11 is 0. The van der Waals surface area contributed by atoms with E-state index in [2.05, 4.69) is 31.3 Å². The van der Waals surface area contributed by atoms with Crippen LogP contribution in [0.5, 0.6) is 0 Å². The largest absolute Gasteiger partial charge is 0.394 e. The maximum absolute atomic E-state index is 12.5. The maximum Gasteiger partial charge on any atom is 0.222 e. The average Bonchev–Trinajstić information content (AvgIpc) is 3.20. The van der Waals surface area contributed by atoms with E-state index in [1.54, 1.807) is 6.08 Å². The molecule has 0 radical (unpaired) electrons. The van der Waals surface area contributed by atoms with Gasteiger partial charge in [0.2, 0.25) is 5.91 Å². The second-order valence-corrected chi connectivity index (χ2v) is 17.8. The first-order valence-corrected chi connectivity index (χ1v) is 25.6. The number of hydrogen-bond acceptors (Lipinski definition) is 4. The quantitative estimate of drug-likeness (QED) is 0.0364. The third-order valence-electron chi connectivity index (χ3n) is 12.0. The molecule has 0 aromatic heterocycles. The Labute approximate surface area is 356 Å². The molecule has 0 bridgehead atoms. The minimum absolute atomic E-state index is 0.0100. The Morgan fingerprint density at radius 2 is 0.754 bits per heavy atom. The molecule has 0 saturated heterocycles. The monoisotopic (exact) mass is 804 g/mol. The second kappa shape index (κ2) is 47.5. The van der Waals surface area contributed by atoms with Gasteiger partial charge in [-0.1, -0.05) is 263 Å². The van der Waals surface area contributed by atoms with Crippen molar-refractivity contribution in [3.63, 3.8) is 0 Å². The lowest BCUT2D eigenvalue weighted by molar-refractivity contribution is -0.124. The first kappa shape index (κ1) is 55.8. The van der Waals surface area contributed by atoms with E-state index in [4.69, 9.17) is 0 Å². The summed E-state index contributed by atoms with van der Waals surface area (Å²) in [5.41, 5.74) is 0. The van der Waals surface area contributed by atoms with Crippen molar-refractivity contribution in [1.29, 1.82) is 0 Å². The first-order chi connectivity index (χ1) is 28.0. The molecule has 0 aliphatic rings. The summed E-state index contributed by atoms with van der Waals surface area (Å²) in [6, 6.07) is -0.757. The normalized spacial score (nSPS) is 13.6. The molecule has 5 heteroatoms. The molecular weight excluding hydrogens is 703 g/mol. The van der Waals surface area contributed by atoms with Crippen LogP contribution in [-0.4, -0.2) is 46.1 Å². The predicted octanol–water partition coefficient (Wildman–Crippen LogP) is 15.3. The smallest absolute Gasteiger partial charge is 0.222 e. The molecule has 0 rings (SSSR count). The maximum atomic E-state index is 12.5. The Morgan fingerprint density at radius 1 is 0.439 bits per heavy atom. The third kappa shape index (κ3) is 44.2. The Hall–Kier alpha value is -1.17. The first-order valence-electron chi connectivity index (χ1n) is 25.6. The van der Waals surface area contributed by atoms with Gasteiger partial charge in [-0.25, -0.2) is 0 Å². The summed E-state index contributed by atoms with van der Waals surface area (Å²) in [7, 11) is 0. The molecule has 0 aromatic carbocycles. The number of unbranched alkanes of at least 4 members (excludes halogenated alkanes) is 36. The van der Waals surface area contributed by atoms with Gasteiger partial charge in [0.25, 0.3) is 0 Å². The predicted molar refractivity (Wildman–Crippen MR) is 250 cm³/mol. The Bertz CT molecular complexity index is 844. The topological polar surface area (TPSA) is 89.8 Å². The molecule has 0 aliphatic heterocycles. The number of nitrogens with one attached hydrogen (secondary N) is 1. The minimum atomic E-state index is -0.948. The zero-order valence-corrected chi connectivity index (χ0v) is 38.5. The molecule has 4 N–H and O–H groups in total. The van der Waals surface area contributed by atoms with Crippen LogP contribution in [0, 0.1) is 0 Å². The van der Waals surface area contributed by atoms with E-state index in [9.17, 15) is 20.1 Å². The van der Waals surface area contributed by atoms with Gasteiger partial charge in [0.15, 0.2) is 0 Å². The summed E-state index contributed by atoms with van der Waals surface area (Å²) in [6.45, 7) is 4.21. The van der Waals surface area contributed by atoms with Crippen LogP contribution < -0.4 is 5.32 Å². The van der Waals surface area contributed by atoms with Crippen molar-refractivity contribution in [3.05, 3.63) is 24.3 Å². The fourth-order valence-electron chi connectivity index (χ4n) is 8.06. The number of aliphatic hydroxyl groups is 3. The van der Waals surface area contributed by atoms with Crippen molar-refractivity contribution in [1.82, 2.24) is 5.32 Å². The van der Waals surface area contributed by atoms with Gasteiger partial charge in [-0.2, -0.15) is 0 Å². The molecule has 0 saturated carbocycles. The highest BCUT2D eigenvalue weighted by Crippen LogP contribution is 2.17. The van der Waals surface area contributed by atoms with Gasteiger partial charge >= 0.3 is 0 Å². The van der Waals surface area contributed by atoms with Gasteiger partial charge in [-0.15, -0.1) is 0 Å². The van der Waals surface area contributed by atoms with E-state index in [-0.39, 0.29) is 18.9 Å². The summed E-state index contributed by atoms with van der Waals surface area (Å²) in [6.07, 6.45) is 59.3. The standard InChI is InChI=1S/C52H101NO4/c1-3-5-7-9-11-13-15-17-19-20-21-22-23-24-25-26-27-28-29-30-31-32-33-35-37-39-41-43-45-49(55)47-52(57)53-50(48-54)51(56)46-44-42-40-38-36-34-18-16-14-12-10-8-6-4-2/h36,38,44,46,49-51,54-56H,3-35,37,39-43,45,47-48H2,1-2H3,(H,53,57)/b38-36+,46-44+. The molecule has 3 unspecified atom stereocenters. The minimum Gasteiger partial charge on any atom is -0.394 e. The van der Waals surface area contributed by atoms with Crippen molar-refractivity contribution in [3.8, 4) is 0 Å². The number of allylic oxidation sites excluding steroid dienone is 3. The zero-order chi connectivity index (χ0) is 41.5. The summed E-state index contributed by atoms with van der Waals surface area (Å²) in [5, 5.41) is 33.3. The molecule has 0 aromatic rings. The number of rotatable bonds is 47. The SMILES string of the molecule is CCCCCCCCCC/C=C/CC/C=C/C(O)C(CO)NC(=O)CC(O)CCCCCCCCCCCCCCCCCCCCCCCCCCCCCC. The van der Waals surface area contributed by atoms with Crippen molar-refractivity contribution < 1.29 is 20.1 Å². The lowest BCUT2D eigenvalue weighted by Gasteiger charge is -2.21. The van der Waals surface area contributed by atoms with Crippen molar-refractivity contribution in [2.75, 3.05) is 6.61 Å². The molecule has 0 heterocycles. The van der Waals surface area contributed by atoms with Gasteiger partial charge in [0.1, 0.15) is 0 Å². The van der Waals surface area contributed by atoms with Gasteiger partial charge < -0.3 is 20.6 Å². The van der Waals surface area contributed by atoms with Crippen LogP contribution in [0.1, 0.15) is 277 Å². The van der Waals surface area contributed by atoms with E-state index >= 15 is 0 Å². The lowest BCUT2D eigenvalue weighted by atomic mass is 10.0. The van der Waals surface area contributed by atoms with Gasteiger partial charge in [0, 0.05) is 0 Å². The molecule has 338 valence electrons. The van der Waals surface area contributed by atoms with E-state index in [0.29, 0.717) is 6.42 Å². The van der Waals surface area contributed by atoms with Crippen LogP contribution >= 0.6 is 0 Å². The number of carbonyl (C=O) groups is 1. The third-order valence-corrected chi connectivity index (χ3v) is 12.0. The fourth-order valence-corrected chi connectivity index (χ4v) is 8.06. The van der Waals surface area contributed by atoms with Crippen LogP contribution in [0.3, 0.4) is 0 Å². The van der Waals surface area contributed by atoms with Crippen molar-refractivity contribution >= 4 is 5.91 Å². The molecule has 0 spiro atoms. The van der Waals surface area contributed by atoms with Crippen LogP contribution in [0.15, 0.2) is 24.3 Å². The molecule has 57 heavy (non-hydrogen) atoms. The molecule has 0 aliphatic carbocycles. The van der Waals surface area contributed by atoms with Gasteiger partial charge in [-0.05, 0) is 32.1 Å². The summed E-state index contributed by atoms with van der Waals surface area (Å²) in [5.74, 6) is -0.321. The number of aliphatic hydroxyl groups excluding tert-OH is 3. The highest BCUT2D eigenvalue weighted by Gasteiger charge is 2.20. The highest BCUT2D eigenvalue weighted by atomic mass is 16.3. The van der Waals surface area contributed by atoms with E-state index in [1.165, 1.54) is 218 Å². The molecule has 0 fully saturated rings. The van der Waals surface area contributed by atoms with Gasteiger partial charge in [-0.3, -0.25) is 4.79 Å². The molecule has 5 nitrogen and oxygen atoms in total. The van der Waals surface area contributed by atoms with Crippen LogP contribution in [-0.2, 0) is 4.79 Å². The van der Waals surface area contributed by atoms with Crippen LogP contribution in [0.2, 0.25) is 0 Å². The number of hydrogen-bond donors (Lipinski definition) is 4. The Morgan fingerprint density at radius 3 is 1.12 bits per heavy atom. The van der Waals surface area contributed by atoms with E-state index < -0.39 is 18.2 Å². The lowest BCUT2D eigenvalue weighted by Crippen LogP contribution is -2.45. The van der Waals surface area contributed by atoms with E-state index in [1.807, 2.05) is 6.08 Å². The average molecular weight is 804 g/mol. The van der Waals surface area contributed by atoms with Crippen molar-refractivity contribution in [2.45, 2.75) is 295 Å². The highest BCUT2D eigenvalue weighted by molar-refractivity contribution is 5.76. The fraction of sp³-hybridized carbons (Fsp3) is 0.904. The Balaban J connectivity index is 3.53. The second-order valence-electron chi connectivity index (χ2n) is 17.8. The molecular formula is C52H101NO4. The zero-order valence-electron chi connectivity index (χ0n) is 38.5. The van der Waals surface area contributed by atoms with Crippen LogP contribution in [0.25, 0.3) is 0 Å².